The standard InChI is InChI=1S/C24H24N2O3/c25-22(24(28)29)15-19-6-8-20(9-7-19)16-26-23(27)21-12-10-18(11-13-21)14-17-4-2-1-3-5-17/h1-13,22H,14-16,25H2,(H,26,27)(H,28,29). The fourth-order valence-corrected chi connectivity index (χ4v) is 3.02. The highest BCUT2D eigenvalue weighted by molar-refractivity contribution is 5.94. The average Bonchev–Trinajstić information content (AvgIpc) is 2.74. The van der Waals surface area contributed by atoms with Crippen molar-refractivity contribution in [2.24, 2.45) is 5.73 Å². The summed E-state index contributed by atoms with van der Waals surface area (Å²) in [6.07, 6.45) is 1.11. The molecule has 1 amide bonds. The largest absolute Gasteiger partial charge is 0.480 e. The Morgan fingerprint density at radius 2 is 1.34 bits per heavy atom. The van der Waals surface area contributed by atoms with E-state index >= 15 is 0 Å². The highest BCUT2D eigenvalue weighted by Crippen LogP contribution is 2.11. The van der Waals surface area contributed by atoms with Gasteiger partial charge in [0.2, 0.25) is 0 Å². The summed E-state index contributed by atoms with van der Waals surface area (Å²) < 4.78 is 0. The Labute approximate surface area is 170 Å². The second-order valence-corrected chi connectivity index (χ2v) is 7.01. The van der Waals surface area contributed by atoms with Crippen LogP contribution in [0.5, 0.6) is 0 Å². The molecule has 0 bridgehead atoms. The van der Waals surface area contributed by atoms with Gasteiger partial charge in [-0.15, -0.1) is 0 Å². The molecule has 1 unspecified atom stereocenters. The van der Waals surface area contributed by atoms with Crippen LogP contribution in [0.25, 0.3) is 0 Å². The van der Waals surface area contributed by atoms with Gasteiger partial charge < -0.3 is 16.2 Å². The number of aliphatic carboxylic acids is 1. The minimum atomic E-state index is -1.02. The van der Waals surface area contributed by atoms with E-state index in [9.17, 15) is 9.59 Å². The van der Waals surface area contributed by atoms with Crippen LogP contribution in [0.1, 0.15) is 32.6 Å². The van der Waals surface area contributed by atoms with Crippen molar-refractivity contribution in [2.75, 3.05) is 0 Å². The van der Waals surface area contributed by atoms with Crippen molar-refractivity contribution in [2.45, 2.75) is 25.4 Å². The van der Waals surface area contributed by atoms with E-state index in [1.54, 1.807) is 0 Å². The number of carboxylic acids is 1. The SMILES string of the molecule is NC(Cc1ccc(CNC(=O)c2ccc(Cc3ccccc3)cc2)cc1)C(=O)O. The van der Waals surface area contributed by atoms with Crippen molar-refractivity contribution in [1.29, 1.82) is 0 Å². The maximum absolute atomic E-state index is 12.4. The maximum Gasteiger partial charge on any atom is 0.320 e. The zero-order chi connectivity index (χ0) is 20.6. The Kier molecular flexibility index (Phi) is 6.76. The zero-order valence-electron chi connectivity index (χ0n) is 16.0. The number of hydrogen-bond donors (Lipinski definition) is 3. The first kappa shape index (κ1) is 20.3. The molecule has 0 aromatic heterocycles. The smallest absolute Gasteiger partial charge is 0.320 e. The highest BCUT2D eigenvalue weighted by Gasteiger charge is 2.12. The summed E-state index contributed by atoms with van der Waals surface area (Å²) in [6.45, 7) is 0.399. The van der Waals surface area contributed by atoms with Crippen molar-refractivity contribution in [3.8, 4) is 0 Å². The van der Waals surface area contributed by atoms with Gasteiger partial charge in [0.25, 0.3) is 5.91 Å². The van der Waals surface area contributed by atoms with Gasteiger partial charge >= 0.3 is 5.97 Å². The number of carbonyl (C=O) groups is 2. The third-order valence-corrected chi connectivity index (χ3v) is 4.72. The molecule has 0 spiro atoms. The van der Waals surface area contributed by atoms with Gasteiger partial charge in [-0.25, -0.2) is 0 Å². The Morgan fingerprint density at radius 1 is 0.793 bits per heavy atom. The molecule has 1 atom stereocenters. The van der Waals surface area contributed by atoms with Crippen LogP contribution in [-0.2, 0) is 24.2 Å². The predicted octanol–water partition coefficient (Wildman–Crippen LogP) is 3.16. The van der Waals surface area contributed by atoms with Crippen molar-refractivity contribution < 1.29 is 14.7 Å². The van der Waals surface area contributed by atoms with Gasteiger partial charge in [-0.05, 0) is 47.2 Å². The lowest BCUT2D eigenvalue weighted by Gasteiger charge is -2.09. The Balaban J connectivity index is 1.52. The number of hydrogen-bond acceptors (Lipinski definition) is 3. The predicted molar refractivity (Wildman–Crippen MR) is 113 cm³/mol. The summed E-state index contributed by atoms with van der Waals surface area (Å²) in [6, 6.07) is 24.3. The summed E-state index contributed by atoms with van der Waals surface area (Å²) in [7, 11) is 0. The van der Waals surface area contributed by atoms with Crippen LogP contribution < -0.4 is 11.1 Å². The lowest BCUT2D eigenvalue weighted by Crippen LogP contribution is -2.32. The summed E-state index contributed by atoms with van der Waals surface area (Å²) in [5, 5.41) is 11.8. The number of carbonyl (C=O) groups excluding carboxylic acids is 1. The van der Waals surface area contributed by atoms with Crippen LogP contribution in [-0.4, -0.2) is 23.0 Å². The number of amides is 1. The van der Waals surface area contributed by atoms with E-state index in [1.165, 1.54) is 5.56 Å². The molecule has 29 heavy (non-hydrogen) atoms. The fourth-order valence-electron chi connectivity index (χ4n) is 3.02. The van der Waals surface area contributed by atoms with Crippen LogP contribution >= 0.6 is 0 Å². The van der Waals surface area contributed by atoms with Crippen LogP contribution in [0.2, 0.25) is 0 Å². The Hall–Kier alpha value is -3.44. The quantitative estimate of drug-likeness (QED) is 0.553. The molecule has 5 heteroatoms. The highest BCUT2D eigenvalue weighted by atomic mass is 16.4. The third-order valence-electron chi connectivity index (χ3n) is 4.72. The van der Waals surface area contributed by atoms with Gasteiger partial charge in [-0.3, -0.25) is 9.59 Å². The van der Waals surface area contributed by atoms with Crippen LogP contribution in [0, 0.1) is 0 Å². The number of nitrogens with two attached hydrogens (primary N) is 1. The molecule has 0 saturated carbocycles. The van der Waals surface area contributed by atoms with Crippen LogP contribution in [0.15, 0.2) is 78.9 Å². The van der Waals surface area contributed by atoms with Gasteiger partial charge in [0, 0.05) is 12.1 Å². The van der Waals surface area contributed by atoms with E-state index in [1.807, 2.05) is 66.7 Å². The molecular weight excluding hydrogens is 364 g/mol. The second kappa shape index (κ2) is 9.66. The van der Waals surface area contributed by atoms with E-state index in [0.29, 0.717) is 12.1 Å². The van der Waals surface area contributed by atoms with Crippen molar-refractivity contribution in [3.63, 3.8) is 0 Å². The molecule has 0 aliphatic carbocycles. The van der Waals surface area contributed by atoms with E-state index in [-0.39, 0.29) is 12.3 Å². The molecule has 4 N–H and O–H groups in total. The number of carboxylic acid groups (broad SMARTS) is 1. The molecule has 3 rings (SSSR count). The Bertz CT molecular complexity index is 952. The van der Waals surface area contributed by atoms with Crippen molar-refractivity contribution in [1.82, 2.24) is 5.32 Å². The first-order valence-electron chi connectivity index (χ1n) is 9.48. The van der Waals surface area contributed by atoms with Gasteiger partial charge in [-0.1, -0.05) is 66.7 Å². The lowest BCUT2D eigenvalue weighted by molar-refractivity contribution is -0.138. The molecule has 3 aromatic rings. The molecular formula is C24H24N2O3. The lowest BCUT2D eigenvalue weighted by atomic mass is 10.0. The number of benzene rings is 3. The van der Waals surface area contributed by atoms with Gasteiger partial charge in [0.05, 0.1) is 0 Å². The van der Waals surface area contributed by atoms with E-state index < -0.39 is 12.0 Å². The summed E-state index contributed by atoms with van der Waals surface area (Å²) in [4.78, 5) is 23.2. The number of rotatable bonds is 8. The van der Waals surface area contributed by atoms with E-state index in [0.717, 1.165) is 23.1 Å². The molecule has 5 nitrogen and oxygen atoms in total. The third kappa shape index (κ3) is 6.02. The Morgan fingerprint density at radius 3 is 1.97 bits per heavy atom. The molecule has 0 aliphatic heterocycles. The molecule has 3 aromatic carbocycles. The zero-order valence-corrected chi connectivity index (χ0v) is 16.0. The first-order chi connectivity index (χ1) is 14.0. The second-order valence-electron chi connectivity index (χ2n) is 7.01. The molecule has 0 saturated heterocycles. The normalized spacial score (nSPS) is 11.6. The van der Waals surface area contributed by atoms with Crippen LogP contribution in [0.3, 0.4) is 0 Å². The van der Waals surface area contributed by atoms with Crippen molar-refractivity contribution >= 4 is 11.9 Å². The molecule has 148 valence electrons. The van der Waals surface area contributed by atoms with Gasteiger partial charge in [0.1, 0.15) is 6.04 Å². The number of nitrogens with one attached hydrogen (secondary N) is 1. The maximum atomic E-state index is 12.4. The molecule has 0 fully saturated rings. The average molecular weight is 388 g/mol. The fraction of sp³-hybridized carbons (Fsp3) is 0.167. The van der Waals surface area contributed by atoms with E-state index in [2.05, 4.69) is 17.4 Å². The molecule has 0 radical (unpaired) electrons. The minimum absolute atomic E-state index is 0.131. The van der Waals surface area contributed by atoms with Crippen molar-refractivity contribution in [3.05, 3.63) is 107 Å². The summed E-state index contributed by atoms with van der Waals surface area (Å²) in [5.41, 5.74) is 10.3. The first-order valence-corrected chi connectivity index (χ1v) is 9.48. The molecule has 0 aliphatic rings. The summed E-state index contributed by atoms with van der Waals surface area (Å²) in [5.74, 6) is -1.15. The molecule has 0 heterocycles. The van der Waals surface area contributed by atoms with Gasteiger partial charge in [-0.2, -0.15) is 0 Å². The monoisotopic (exact) mass is 388 g/mol. The summed E-state index contributed by atoms with van der Waals surface area (Å²) >= 11 is 0. The van der Waals surface area contributed by atoms with Gasteiger partial charge in [0.15, 0.2) is 0 Å². The minimum Gasteiger partial charge on any atom is -0.480 e. The van der Waals surface area contributed by atoms with E-state index in [4.69, 9.17) is 10.8 Å². The topological polar surface area (TPSA) is 92.4 Å². The van der Waals surface area contributed by atoms with Crippen LogP contribution in [0.4, 0.5) is 0 Å².